The van der Waals surface area contributed by atoms with E-state index in [1.807, 2.05) is 0 Å². The molecule has 1 aliphatic carbocycles. The summed E-state index contributed by atoms with van der Waals surface area (Å²) in [5, 5.41) is 0. The SMILES string of the molecule is CC(Br)CC(C)(C)Cc1ccc2c(c1)CCC2. The first-order valence-corrected chi connectivity index (χ1v) is 7.63. The average molecular weight is 295 g/mol. The van der Waals surface area contributed by atoms with Crippen LogP contribution in [0.3, 0.4) is 0 Å². The van der Waals surface area contributed by atoms with Crippen LogP contribution in [0.1, 0.15) is 50.3 Å². The Bertz CT molecular complexity index is 391. The molecule has 0 aliphatic heterocycles. The van der Waals surface area contributed by atoms with Gasteiger partial charge in [0.05, 0.1) is 0 Å². The number of halogens is 1. The maximum Gasteiger partial charge on any atom is 0.0122 e. The normalized spacial score (nSPS) is 16.9. The van der Waals surface area contributed by atoms with Gasteiger partial charge in [0.15, 0.2) is 0 Å². The van der Waals surface area contributed by atoms with Gasteiger partial charge < -0.3 is 0 Å². The summed E-state index contributed by atoms with van der Waals surface area (Å²) in [5.74, 6) is 0. The van der Waals surface area contributed by atoms with Crippen molar-refractivity contribution in [3.05, 3.63) is 34.9 Å². The lowest BCUT2D eigenvalue weighted by Crippen LogP contribution is -2.18. The Balaban J connectivity index is 2.08. The van der Waals surface area contributed by atoms with Crippen LogP contribution in [0.25, 0.3) is 0 Å². The Kier molecular flexibility index (Phi) is 3.97. The van der Waals surface area contributed by atoms with E-state index in [1.54, 1.807) is 11.1 Å². The number of fused-ring (bicyclic) bond motifs is 1. The van der Waals surface area contributed by atoms with Crippen LogP contribution in [0.4, 0.5) is 0 Å². The lowest BCUT2D eigenvalue weighted by molar-refractivity contribution is 0.335. The molecule has 17 heavy (non-hydrogen) atoms. The Morgan fingerprint density at radius 3 is 2.65 bits per heavy atom. The van der Waals surface area contributed by atoms with Gasteiger partial charge in [-0.3, -0.25) is 0 Å². The Hall–Kier alpha value is -0.300. The molecule has 0 saturated heterocycles. The summed E-state index contributed by atoms with van der Waals surface area (Å²) in [7, 11) is 0. The fraction of sp³-hybridized carbons (Fsp3) is 0.625. The molecule has 0 aromatic heterocycles. The molecule has 0 fully saturated rings. The zero-order valence-electron chi connectivity index (χ0n) is 11.2. The molecule has 0 radical (unpaired) electrons. The van der Waals surface area contributed by atoms with Crippen molar-refractivity contribution in [2.45, 2.75) is 57.7 Å². The molecule has 0 bridgehead atoms. The van der Waals surface area contributed by atoms with E-state index in [2.05, 4.69) is 54.9 Å². The van der Waals surface area contributed by atoms with Crippen molar-refractivity contribution in [3.8, 4) is 0 Å². The van der Waals surface area contributed by atoms with Crippen LogP contribution in [-0.4, -0.2) is 4.83 Å². The Morgan fingerprint density at radius 1 is 1.24 bits per heavy atom. The van der Waals surface area contributed by atoms with Crippen molar-refractivity contribution in [3.63, 3.8) is 0 Å². The minimum atomic E-state index is 0.385. The van der Waals surface area contributed by atoms with Crippen LogP contribution >= 0.6 is 15.9 Å². The van der Waals surface area contributed by atoms with Crippen molar-refractivity contribution in [1.82, 2.24) is 0 Å². The molecule has 94 valence electrons. The van der Waals surface area contributed by atoms with Gasteiger partial charge in [0.1, 0.15) is 0 Å². The van der Waals surface area contributed by atoms with Gasteiger partial charge >= 0.3 is 0 Å². The van der Waals surface area contributed by atoms with E-state index in [9.17, 15) is 0 Å². The highest BCUT2D eigenvalue weighted by Crippen LogP contribution is 2.31. The van der Waals surface area contributed by atoms with Crippen LogP contribution in [0.2, 0.25) is 0 Å². The highest BCUT2D eigenvalue weighted by Gasteiger charge is 2.21. The van der Waals surface area contributed by atoms with Gasteiger partial charge in [-0.05, 0) is 54.2 Å². The molecular formula is C16H23Br. The lowest BCUT2D eigenvalue weighted by atomic mass is 9.81. The second-order valence-electron chi connectivity index (χ2n) is 6.28. The second-order valence-corrected chi connectivity index (χ2v) is 7.85. The third-order valence-corrected chi connectivity index (χ3v) is 4.00. The predicted octanol–water partition coefficient (Wildman–Crippen LogP) is 4.92. The van der Waals surface area contributed by atoms with Crippen LogP contribution < -0.4 is 0 Å². The van der Waals surface area contributed by atoms with E-state index in [4.69, 9.17) is 0 Å². The quantitative estimate of drug-likeness (QED) is 0.692. The summed E-state index contributed by atoms with van der Waals surface area (Å²) >= 11 is 3.67. The molecule has 0 saturated carbocycles. The first-order chi connectivity index (χ1) is 7.96. The Labute approximate surface area is 114 Å². The van der Waals surface area contributed by atoms with Gasteiger partial charge in [-0.15, -0.1) is 0 Å². The van der Waals surface area contributed by atoms with E-state index < -0.39 is 0 Å². The fourth-order valence-corrected chi connectivity index (χ4v) is 4.00. The minimum Gasteiger partial charge on any atom is -0.0893 e. The van der Waals surface area contributed by atoms with Gasteiger partial charge in [0, 0.05) is 4.83 Å². The van der Waals surface area contributed by atoms with Gasteiger partial charge in [-0.2, -0.15) is 0 Å². The number of hydrogen-bond acceptors (Lipinski definition) is 0. The van der Waals surface area contributed by atoms with Gasteiger partial charge in [0.25, 0.3) is 0 Å². The minimum absolute atomic E-state index is 0.385. The van der Waals surface area contributed by atoms with Crippen LogP contribution in [0.5, 0.6) is 0 Å². The van der Waals surface area contributed by atoms with Crippen molar-refractivity contribution in [2.75, 3.05) is 0 Å². The van der Waals surface area contributed by atoms with Crippen molar-refractivity contribution in [2.24, 2.45) is 5.41 Å². The molecule has 2 rings (SSSR count). The third-order valence-electron chi connectivity index (χ3n) is 3.68. The molecule has 0 amide bonds. The molecule has 0 heterocycles. The summed E-state index contributed by atoms with van der Waals surface area (Å²) in [6, 6.07) is 7.14. The second kappa shape index (κ2) is 5.14. The molecule has 1 heteroatoms. The number of benzene rings is 1. The van der Waals surface area contributed by atoms with Crippen molar-refractivity contribution < 1.29 is 0 Å². The zero-order valence-corrected chi connectivity index (χ0v) is 12.8. The van der Waals surface area contributed by atoms with Crippen molar-refractivity contribution >= 4 is 15.9 Å². The summed E-state index contributed by atoms with van der Waals surface area (Å²) in [4.78, 5) is 0.604. The monoisotopic (exact) mass is 294 g/mol. The molecule has 1 atom stereocenters. The van der Waals surface area contributed by atoms with Gasteiger partial charge in [0.2, 0.25) is 0 Å². The standard InChI is InChI=1S/C16H23Br/c1-12(17)10-16(2,3)11-13-7-8-14-5-4-6-15(14)9-13/h7-9,12H,4-6,10-11H2,1-3H3. The molecule has 1 aliphatic rings. The zero-order chi connectivity index (χ0) is 12.5. The molecule has 0 N–H and O–H groups in total. The number of rotatable bonds is 4. The van der Waals surface area contributed by atoms with E-state index >= 15 is 0 Å². The summed E-state index contributed by atoms with van der Waals surface area (Å²) in [5.41, 5.74) is 5.09. The maximum absolute atomic E-state index is 3.67. The molecule has 0 nitrogen and oxygen atoms in total. The first kappa shape index (κ1) is 13.1. The van der Waals surface area contributed by atoms with Crippen LogP contribution in [-0.2, 0) is 19.3 Å². The summed E-state index contributed by atoms with van der Waals surface area (Å²) in [6.07, 6.45) is 6.34. The van der Waals surface area contributed by atoms with E-state index in [1.165, 1.54) is 37.7 Å². The maximum atomic E-state index is 3.67. The van der Waals surface area contributed by atoms with E-state index in [-0.39, 0.29) is 0 Å². The highest BCUT2D eigenvalue weighted by atomic mass is 79.9. The number of alkyl halides is 1. The van der Waals surface area contributed by atoms with Gasteiger partial charge in [-0.25, -0.2) is 0 Å². The van der Waals surface area contributed by atoms with Crippen molar-refractivity contribution in [1.29, 1.82) is 0 Å². The number of aryl methyl sites for hydroxylation is 2. The van der Waals surface area contributed by atoms with Crippen LogP contribution in [0, 0.1) is 5.41 Å². The molecule has 1 aromatic carbocycles. The predicted molar refractivity (Wildman–Crippen MR) is 79.0 cm³/mol. The lowest BCUT2D eigenvalue weighted by Gasteiger charge is -2.26. The van der Waals surface area contributed by atoms with E-state index in [0.717, 1.165) is 0 Å². The van der Waals surface area contributed by atoms with Crippen LogP contribution in [0.15, 0.2) is 18.2 Å². The molecule has 1 aromatic rings. The largest absolute Gasteiger partial charge is 0.0893 e. The average Bonchev–Trinajstić information content (AvgIpc) is 2.61. The molecule has 0 spiro atoms. The first-order valence-electron chi connectivity index (χ1n) is 6.71. The topological polar surface area (TPSA) is 0 Å². The summed E-state index contributed by atoms with van der Waals surface area (Å²) in [6.45, 7) is 6.99. The fourth-order valence-electron chi connectivity index (χ4n) is 3.12. The smallest absolute Gasteiger partial charge is 0.0122 e. The summed E-state index contributed by atoms with van der Waals surface area (Å²) < 4.78 is 0. The van der Waals surface area contributed by atoms with Gasteiger partial charge in [-0.1, -0.05) is 54.9 Å². The highest BCUT2D eigenvalue weighted by molar-refractivity contribution is 9.09. The molecule has 1 unspecified atom stereocenters. The Morgan fingerprint density at radius 2 is 1.94 bits per heavy atom. The number of hydrogen-bond donors (Lipinski definition) is 0. The molecular weight excluding hydrogens is 272 g/mol. The third kappa shape index (κ3) is 3.58. The van der Waals surface area contributed by atoms with E-state index in [0.29, 0.717) is 10.2 Å².